The number of ketones is 1. The van der Waals surface area contributed by atoms with Crippen molar-refractivity contribution in [3.63, 3.8) is 0 Å². The van der Waals surface area contributed by atoms with Crippen LogP contribution in [0.15, 0.2) is 24.3 Å². The van der Waals surface area contributed by atoms with E-state index in [1.807, 2.05) is 19.1 Å². The van der Waals surface area contributed by atoms with Crippen molar-refractivity contribution in [3.05, 3.63) is 35.4 Å². The summed E-state index contributed by atoms with van der Waals surface area (Å²) in [5, 5.41) is 0. The largest absolute Gasteiger partial charge is 0.455 e. The summed E-state index contributed by atoms with van der Waals surface area (Å²) in [4.78, 5) is 23.6. The fourth-order valence-electron chi connectivity index (χ4n) is 1.63. The van der Waals surface area contributed by atoms with Crippen molar-refractivity contribution in [2.45, 2.75) is 40.2 Å². The van der Waals surface area contributed by atoms with Crippen molar-refractivity contribution in [2.75, 3.05) is 13.2 Å². The van der Waals surface area contributed by atoms with E-state index >= 15 is 0 Å². The zero-order valence-corrected chi connectivity index (χ0v) is 13.2. The molecule has 1 aromatic carbocycles. The van der Waals surface area contributed by atoms with Gasteiger partial charge in [-0.05, 0) is 26.2 Å². The van der Waals surface area contributed by atoms with Crippen molar-refractivity contribution in [3.8, 4) is 0 Å². The van der Waals surface area contributed by atoms with Crippen LogP contribution >= 0.6 is 0 Å². The molecule has 0 saturated carbocycles. The topological polar surface area (TPSA) is 52.6 Å². The maximum absolute atomic E-state index is 11.9. The van der Waals surface area contributed by atoms with E-state index in [9.17, 15) is 9.59 Å². The minimum absolute atomic E-state index is 0.210. The third-order valence-electron chi connectivity index (χ3n) is 3.11. The molecule has 0 fully saturated rings. The van der Waals surface area contributed by atoms with E-state index in [1.165, 1.54) is 0 Å². The highest BCUT2D eigenvalue weighted by Gasteiger charge is 2.17. The third-order valence-corrected chi connectivity index (χ3v) is 3.11. The average Bonchev–Trinajstić information content (AvgIpc) is 2.44. The van der Waals surface area contributed by atoms with Gasteiger partial charge in [-0.3, -0.25) is 4.79 Å². The van der Waals surface area contributed by atoms with E-state index in [1.54, 1.807) is 19.1 Å². The molecular weight excluding hydrogens is 268 g/mol. The molecule has 0 heterocycles. The van der Waals surface area contributed by atoms with Gasteiger partial charge in [-0.1, -0.05) is 43.7 Å². The Morgan fingerprint density at radius 2 is 1.71 bits per heavy atom. The van der Waals surface area contributed by atoms with E-state index in [0.717, 1.165) is 12.0 Å². The minimum atomic E-state index is -0.644. The summed E-state index contributed by atoms with van der Waals surface area (Å²) in [6, 6.07) is 7.17. The second-order valence-electron chi connectivity index (χ2n) is 5.59. The number of carbonyl (C=O) groups is 2. The molecule has 0 amide bonds. The number of Topliss-reactive ketones (excluding diaryl/α,β-unsaturated/α-hetero) is 1. The van der Waals surface area contributed by atoms with Crippen LogP contribution in [0.5, 0.6) is 0 Å². The molecule has 1 unspecified atom stereocenters. The van der Waals surface area contributed by atoms with E-state index in [0.29, 0.717) is 18.1 Å². The molecular formula is C17H24O4. The molecule has 116 valence electrons. The van der Waals surface area contributed by atoms with Crippen LogP contribution in [0.3, 0.4) is 0 Å². The number of carbonyl (C=O) groups excluding carboxylic acids is 2. The molecule has 21 heavy (non-hydrogen) atoms. The highest BCUT2D eigenvalue weighted by molar-refractivity contribution is 5.98. The van der Waals surface area contributed by atoms with Crippen LogP contribution in [0.4, 0.5) is 0 Å². The summed E-state index contributed by atoms with van der Waals surface area (Å²) in [5.41, 5.74) is 1.62. The van der Waals surface area contributed by atoms with Crippen LogP contribution in [0.25, 0.3) is 0 Å². The summed E-state index contributed by atoms with van der Waals surface area (Å²) in [5.74, 6) is -0.187. The summed E-state index contributed by atoms with van der Waals surface area (Å²) in [6.45, 7) is 8.03. The van der Waals surface area contributed by atoms with Gasteiger partial charge in [-0.25, -0.2) is 4.79 Å². The Labute approximate surface area is 126 Å². The number of aryl methyl sites for hydroxylation is 1. The maximum Gasteiger partial charge on any atom is 0.335 e. The van der Waals surface area contributed by atoms with Crippen molar-refractivity contribution in [2.24, 2.45) is 5.92 Å². The summed E-state index contributed by atoms with van der Waals surface area (Å²) >= 11 is 0. The SMILES string of the molecule is Cc1ccc(C(=O)COC(=O)C(C)OCCC(C)C)cc1. The monoisotopic (exact) mass is 292 g/mol. The normalized spacial score (nSPS) is 12.2. The first kappa shape index (κ1) is 17.4. The van der Waals surface area contributed by atoms with Gasteiger partial charge in [0.15, 0.2) is 18.5 Å². The lowest BCUT2D eigenvalue weighted by molar-refractivity contribution is -0.155. The zero-order chi connectivity index (χ0) is 15.8. The first-order valence-electron chi connectivity index (χ1n) is 7.28. The molecule has 1 aromatic rings. The number of benzene rings is 1. The lowest BCUT2D eigenvalue weighted by atomic mass is 10.1. The van der Waals surface area contributed by atoms with Gasteiger partial charge < -0.3 is 9.47 Å². The van der Waals surface area contributed by atoms with Crippen molar-refractivity contribution >= 4 is 11.8 Å². The van der Waals surface area contributed by atoms with Gasteiger partial charge in [0.05, 0.1) is 0 Å². The van der Waals surface area contributed by atoms with Gasteiger partial charge in [0.2, 0.25) is 0 Å². The van der Waals surface area contributed by atoms with Gasteiger partial charge in [0.25, 0.3) is 0 Å². The Hall–Kier alpha value is -1.68. The second-order valence-corrected chi connectivity index (χ2v) is 5.59. The van der Waals surface area contributed by atoms with E-state index in [-0.39, 0.29) is 12.4 Å². The van der Waals surface area contributed by atoms with E-state index in [2.05, 4.69) is 13.8 Å². The highest BCUT2D eigenvalue weighted by Crippen LogP contribution is 2.06. The molecule has 0 aliphatic rings. The molecule has 1 rings (SSSR count). The Kier molecular flexibility index (Phi) is 7.09. The summed E-state index contributed by atoms with van der Waals surface area (Å²) in [7, 11) is 0. The highest BCUT2D eigenvalue weighted by atomic mass is 16.6. The predicted molar refractivity (Wildman–Crippen MR) is 81.3 cm³/mol. The Bertz CT molecular complexity index is 462. The number of rotatable bonds is 8. The van der Waals surface area contributed by atoms with Crippen LogP contribution in [-0.4, -0.2) is 31.1 Å². The molecule has 0 radical (unpaired) electrons. The fraction of sp³-hybridized carbons (Fsp3) is 0.529. The van der Waals surface area contributed by atoms with Gasteiger partial charge in [0, 0.05) is 12.2 Å². The number of esters is 1. The molecule has 0 aromatic heterocycles. The van der Waals surface area contributed by atoms with Crippen molar-refractivity contribution < 1.29 is 19.1 Å². The van der Waals surface area contributed by atoms with Crippen LogP contribution in [0.1, 0.15) is 43.1 Å². The van der Waals surface area contributed by atoms with Crippen LogP contribution in [0.2, 0.25) is 0 Å². The molecule has 0 bridgehead atoms. The van der Waals surface area contributed by atoms with Crippen molar-refractivity contribution in [1.29, 1.82) is 0 Å². The second kappa shape index (κ2) is 8.57. The number of ether oxygens (including phenoxy) is 2. The summed E-state index contributed by atoms with van der Waals surface area (Å²) < 4.78 is 10.4. The van der Waals surface area contributed by atoms with Crippen LogP contribution in [0, 0.1) is 12.8 Å². The van der Waals surface area contributed by atoms with E-state index in [4.69, 9.17) is 9.47 Å². The molecule has 0 N–H and O–H groups in total. The quantitative estimate of drug-likeness (QED) is 0.545. The third kappa shape index (κ3) is 6.54. The number of hydrogen-bond acceptors (Lipinski definition) is 4. The minimum Gasteiger partial charge on any atom is -0.455 e. The first-order valence-corrected chi connectivity index (χ1v) is 7.28. The smallest absolute Gasteiger partial charge is 0.335 e. The molecule has 0 spiro atoms. The molecule has 0 aliphatic heterocycles. The first-order chi connectivity index (χ1) is 9.90. The Morgan fingerprint density at radius 3 is 2.29 bits per heavy atom. The Morgan fingerprint density at radius 1 is 1.10 bits per heavy atom. The van der Waals surface area contributed by atoms with Gasteiger partial charge in [-0.15, -0.1) is 0 Å². The molecule has 4 heteroatoms. The molecule has 0 saturated heterocycles. The predicted octanol–water partition coefficient (Wildman–Crippen LogP) is 3.17. The maximum atomic E-state index is 11.9. The summed E-state index contributed by atoms with van der Waals surface area (Å²) in [6.07, 6.45) is 0.245. The van der Waals surface area contributed by atoms with Gasteiger partial charge >= 0.3 is 5.97 Å². The zero-order valence-electron chi connectivity index (χ0n) is 13.2. The standard InChI is InChI=1S/C17H24O4/c1-12(2)9-10-20-14(4)17(19)21-11-16(18)15-7-5-13(3)6-8-15/h5-8,12,14H,9-11H2,1-4H3. The molecule has 4 nitrogen and oxygen atoms in total. The van der Waals surface area contributed by atoms with Gasteiger partial charge in [0.1, 0.15) is 0 Å². The average molecular weight is 292 g/mol. The molecule has 1 atom stereocenters. The molecule has 0 aliphatic carbocycles. The van der Waals surface area contributed by atoms with Gasteiger partial charge in [-0.2, -0.15) is 0 Å². The van der Waals surface area contributed by atoms with Crippen LogP contribution < -0.4 is 0 Å². The van der Waals surface area contributed by atoms with Crippen molar-refractivity contribution in [1.82, 2.24) is 0 Å². The Balaban J connectivity index is 2.34. The van der Waals surface area contributed by atoms with E-state index < -0.39 is 12.1 Å². The fourth-order valence-corrected chi connectivity index (χ4v) is 1.63. The lowest BCUT2D eigenvalue weighted by Crippen LogP contribution is -2.26. The number of hydrogen-bond donors (Lipinski definition) is 0. The van der Waals surface area contributed by atoms with Crippen LogP contribution in [-0.2, 0) is 14.3 Å². The lowest BCUT2D eigenvalue weighted by Gasteiger charge is -2.13.